The average Bonchev–Trinajstić information content (AvgIpc) is 2.19. The maximum atomic E-state index is 2.21. The first-order chi connectivity index (χ1) is 3.93. The molecule has 0 N–H and O–H groups in total. The molecule has 0 spiro atoms. The van der Waals surface area contributed by atoms with Crippen molar-refractivity contribution in [2.24, 2.45) is 0 Å². The first-order valence-electron chi connectivity index (χ1n) is 2.96. The average molecular weight is 163 g/mol. The van der Waals surface area contributed by atoms with Crippen molar-refractivity contribution in [2.45, 2.75) is 19.8 Å². The fourth-order valence-corrected chi connectivity index (χ4v) is 1.51. The van der Waals surface area contributed by atoms with E-state index in [2.05, 4.69) is 24.4 Å². The third-order valence-corrected chi connectivity index (χ3v) is 2.01. The summed E-state index contributed by atoms with van der Waals surface area (Å²) < 4.78 is 0. The molecule has 1 heterocycles. The minimum atomic E-state index is 0. The van der Waals surface area contributed by atoms with Gasteiger partial charge in [-0.15, -0.1) is 23.7 Å². The Balaban J connectivity index is 0.000000640. The molecule has 0 radical (unpaired) electrons. The summed E-state index contributed by atoms with van der Waals surface area (Å²) in [7, 11) is 0. The Morgan fingerprint density at radius 1 is 1.56 bits per heavy atom. The maximum absolute atomic E-state index is 2.21. The molecule has 0 aromatic carbocycles. The highest BCUT2D eigenvalue weighted by atomic mass is 35.5. The molecule has 1 aromatic rings. The number of thiophene rings is 1. The van der Waals surface area contributed by atoms with Gasteiger partial charge in [-0.05, 0) is 17.9 Å². The van der Waals surface area contributed by atoms with E-state index in [0.29, 0.717) is 0 Å². The van der Waals surface area contributed by atoms with E-state index in [-0.39, 0.29) is 12.4 Å². The molecule has 0 amide bonds. The number of hydrogen-bond acceptors (Lipinski definition) is 1. The van der Waals surface area contributed by atoms with Gasteiger partial charge in [-0.25, -0.2) is 0 Å². The predicted octanol–water partition coefficient (Wildman–Crippen LogP) is 3.12. The normalized spacial score (nSPS) is 8.56. The first-order valence-corrected chi connectivity index (χ1v) is 3.84. The first kappa shape index (κ1) is 8.99. The fourth-order valence-electron chi connectivity index (χ4n) is 0.701. The van der Waals surface area contributed by atoms with Crippen molar-refractivity contribution in [3.63, 3.8) is 0 Å². The van der Waals surface area contributed by atoms with E-state index in [4.69, 9.17) is 0 Å². The monoisotopic (exact) mass is 162 g/mol. The summed E-state index contributed by atoms with van der Waals surface area (Å²) in [6.07, 6.45) is 2.51. The number of aryl methyl sites for hydroxylation is 1. The summed E-state index contributed by atoms with van der Waals surface area (Å²) in [5.74, 6) is 0. The van der Waals surface area contributed by atoms with Crippen LogP contribution >= 0.6 is 23.7 Å². The standard InChI is InChI=1S/C7H10S.ClH/c1-2-4-7-5-3-6-8-7;/h3,5-6H,2,4H2,1H3;1H. The number of rotatable bonds is 2. The molecule has 0 unspecified atom stereocenters. The SMILES string of the molecule is CCCc1cccs1.Cl. The zero-order valence-electron chi connectivity index (χ0n) is 5.46. The maximum Gasteiger partial charge on any atom is 0.00451 e. The molecule has 0 aliphatic carbocycles. The lowest BCUT2D eigenvalue weighted by Crippen LogP contribution is -1.71. The van der Waals surface area contributed by atoms with Crippen LogP contribution in [0.5, 0.6) is 0 Å². The summed E-state index contributed by atoms with van der Waals surface area (Å²) in [6, 6.07) is 4.30. The third-order valence-electron chi connectivity index (χ3n) is 1.08. The second kappa shape index (κ2) is 4.83. The van der Waals surface area contributed by atoms with Gasteiger partial charge in [0.05, 0.1) is 0 Å². The van der Waals surface area contributed by atoms with Crippen LogP contribution in [0.2, 0.25) is 0 Å². The van der Waals surface area contributed by atoms with Gasteiger partial charge in [-0.2, -0.15) is 0 Å². The van der Waals surface area contributed by atoms with Gasteiger partial charge < -0.3 is 0 Å². The Morgan fingerprint density at radius 3 is 2.78 bits per heavy atom. The zero-order chi connectivity index (χ0) is 5.82. The van der Waals surface area contributed by atoms with Crippen LogP contribution in [0.4, 0.5) is 0 Å². The lowest BCUT2D eigenvalue weighted by Gasteiger charge is -1.85. The van der Waals surface area contributed by atoms with Gasteiger partial charge in [-0.3, -0.25) is 0 Å². The Kier molecular flexibility index (Phi) is 4.83. The van der Waals surface area contributed by atoms with Crippen LogP contribution in [0.1, 0.15) is 18.2 Å². The highest BCUT2D eigenvalue weighted by Gasteiger charge is 1.87. The molecule has 9 heavy (non-hydrogen) atoms. The minimum Gasteiger partial charge on any atom is -0.149 e. The van der Waals surface area contributed by atoms with Crippen molar-refractivity contribution in [3.05, 3.63) is 22.4 Å². The van der Waals surface area contributed by atoms with Crippen LogP contribution in [0.3, 0.4) is 0 Å². The van der Waals surface area contributed by atoms with Crippen molar-refractivity contribution in [2.75, 3.05) is 0 Å². The van der Waals surface area contributed by atoms with Crippen LogP contribution < -0.4 is 0 Å². The van der Waals surface area contributed by atoms with E-state index in [1.54, 1.807) is 0 Å². The van der Waals surface area contributed by atoms with Crippen LogP contribution in [-0.2, 0) is 6.42 Å². The van der Waals surface area contributed by atoms with E-state index < -0.39 is 0 Å². The second-order valence-electron chi connectivity index (χ2n) is 1.83. The molecular weight excluding hydrogens is 152 g/mol. The Labute approximate surface area is 66.3 Å². The molecule has 52 valence electrons. The smallest absolute Gasteiger partial charge is 0.00451 e. The molecule has 0 saturated heterocycles. The highest BCUT2D eigenvalue weighted by Crippen LogP contribution is 2.09. The second-order valence-corrected chi connectivity index (χ2v) is 2.86. The van der Waals surface area contributed by atoms with Crippen molar-refractivity contribution in [1.82, 2.24) is 0 Å². The van der Waals surface area contributed by atoms with Crippen LogP contribution in [0.15, 0.2) is 17.5 Å². The largest absolute Gasteiger partial charge is 0.149 e. The summed E-state index contributed by atoms with van der Waals surface area (Å²) in [4.78, 5) is 1.51. The topological polar surface area (TPSA) is 0 Å². The van der Waals surface area contributed by atoms with E-state index >= 15 is 0 Å². The van der Waals surface area contributed by atoms with Gasteiger partial charge in [0, 0.05) is 4.88 Å². The van der Waals surface area contributed by atoms with Gasteiger partial charge in [0.15, 0.2) is 0 Å². The van der Waals surface area contributed by atoms with Crippen LogP contribution in [-0.4, -0.2) is 0 Å². The molecule has 0 fully saturated rings. The summed E-state index contributed by atoms with van der Waals surface area (Å²) >= 11 is 1.85. The van der Waals surface area contributed by atoms with Crippen molar-refractivity contribution >= 4 is 23.7 Å². The van der Waals surface area contributed by atoms with Crippen LogP contribution in [0, 0.1) is 0 Å². The lowest BCUT2D eigenvalue weighted by molar-refractivity contribution is 0.940. The van der Waals surface area contributed by atoms with Crippen molar-refractivity contribution in [3.8, 4) is 0 Å². The quantitative estimate of drug-likeness (QED) is 0.627. The van der Waals surface area contributed by atoms with E-state index in [9.17, 15) is 0 Å². The third kappa shape index (κ3) is 2.87. The van der Waals surface area contributed by atoms with Crippen molar-refractivity contribution < 1.29 is 0 Å². The fraction of sp³-hybridized carbons (Fsp3) is 0.429. The summed E-state index contributed by atoms with van der Waals surface area (Å²) in [5.41, 5.74) is 0. The Morgan fingerprint density at radius 2 is 2.33 bits per heavy atom. The van der Waals surface area contributed by atoms with Gasteiger partial charge in [-0.1, -0.05) is 19.4 Å². The zero-order valence-corrected chi connectivity index (χ0v) is 7.10. The van der Waals surface area contributed by atoms with Crippen LogP contribution in [0.25, 0.3) is 0 Å². The van der Waals surface area contributed by atoms with Gasteiger partial charge in [0.25, 0.3) is 0 Å². The molecule has 0 bridgehead atoms. The minimum absolute atomic E-state index is 0. The van der Waals surface area contributed by atoms with E-state index in [1.165, 1.54) is 17.7 Å². The van der Waals surface area contributed by atoms with Gasteiger partial charge >= 0.3 is 0 Å². The van der Waals surface area contributed by atoms with Gasteiger partial charge in [0.1, 0.15) is 0 Å². The van der Waals surface area contributed by atoms with E-state index in [1.807, 2.05) is 11.3 Å². The predicted molar refractivity (Wildman–Crippen MR) is 45.6 cm³/mol. The summed E-state index contributed by atoms with van der Waals surface area (Å²) in [6.45, 7) is 2.21. The molecule has 1 aromatic heterocycles. The van der Waals surface area contributed by atoms with Gasteiger partial charge in [0.2, 0.25) is 0 Å². The number of halogens is 1. The molecule has 2 heteroatoms. The molecule has 0 atom stereocenters. The molecule has 0 nitrogen and oxygen atoms in total. The van der Waals surface area contributed by atoms with E-state index in [0.717, 1.165) is 0 Å². The Bertz CT molecular complexity index is 135. The lowest BCUT2D eigenvalue weighted by atomic mass is 10.3. The molecule has 1 rings (SSSR count). The summed E-state index contributed by atoms with van der Waals surface area (Å²) in [5, 5.41) is 2.13. The molecule has 0 aliphatic heterocycles. The Hall–Kier alpha value is -0.0100. The molecular formula is C7H11ClS. The molecule has 0 saturated carbocycles. The number of hydrogen-bond donors (Lipinski definition) is 0. The van der Waals surface area contributed by atoms with Crippen molar-refractivity contribution in [1.29, 1.82) is 0 Å². The highest BCUT2D eigenvalue weighted by molar-refractivity contribution is 7.09. The molecule has 0 aliphatic rings.